The van der Waals surface area contributed by atoms with E-state index in [4.69, 9.17) is 10.7 Å². The van der Waals surface area contributed by atoms with Crippen molar-refractivity contribution in [3.05, 3.63) is 45.1 Å². The predicted octanol–water partition coefficient (Wildman–Crippen LogP) is 1.62. The zero-order valence-electron chi connectivity index (χ0n) is 17.4. The van der Waals surface area contributed by atoms with Crippen molar-refractivity contribution in [2.75, 3.05) is 23.7 Å². The quantitative estimate of drug-likeness (QED) is 0.641. The number of thioether (sulfide) groups is 1. The van der Waals surface area contributed by atoms with Crippen molar-refractivity contribution in [1.29, 1.82) is 0 Å². The summed E-state index contributed by atoms with van der Waals surface area (Å²) < 4.78 is 2.68. The van der Waals surface area contributed by atoms with E-state index in [2.05, 4.69) is 9.97 Å². The number of nitrogens with two attached hydrogens (primary N) is 1. The van der Waals surface area contributed by atoms with Crippen LogP contribution in [0.25, 0.3) is 11.2 Å². The summed E-state index contributed by atoms with van der Waals surface area (Å²) in [6, 6.07) is 8.02. The average molecular weight is 440 g/mol. The Morgan fingerprint density at radius 3 is 2.97 bits per heavy atom. The van der Waals surface area contributed by atoms with Gasteiger partial charge in [-0.3, -0.25) is 18.9 Å². The van der Waals surface area contributed by atoms with Crippen LogP contribution in [-0.4, -0.2) is 49.7 Å². The van der Waals surface area contributed by atoms with E-state index in [1.165, 1.54) is 9.13 Å². The number of imidazole rings is 1. The molecule has 1 aromatic carbocycles. The second-order valence-electron chi connectivity index (χ2n) is 8.08. The Labute approximate surface area is 183 Å². The molecule has 1 unspecified atom stereocenters. The van der Waals surface area contributed by atoms with E-state index in [0.717, 1.165) is 41.4 Å². The number of rotatable bonds is 3. The Bertz CT molecular complexity index is 1290. The van der Waals surface area contributed by atoms with Crippen LogP contribution in [0.2, 0.25) is 0 Å². The molecule has 0 radical (unpaired) electrons. The number of para-hydroxylation sites is 1. The molecule has 0 spiro atoms. The Balaban J connectivity index is 1.55. The molecular formula is C21H25N7O2S. The highest BCUT2D eigenvalue weighted by molar-refractivity contribution is 7.99. The molecular weight excluding hydrogens is 414 g/mol. The minimum absolute atomic E-state index is 0.0800. The van der Waals surface area contributed by atoms with Crippen molar-refractivity contribution in [3.8, 4) is 0 Å². The van der Waals surface area contributed by atoms with Gasteiger partial charge in [-0.1, -0.05) is 12.1 Å². The number of piperidine rings is 1. The maximum absolute atomic E-state index is 13.2. The van der Waals surface area contributed by atoms with Gasteiger partial charge < -0.3 is 15.6 Å². The molecule has 0 amide bonds. The number of fused-ring (bicyclic) bond motifs is 2. The molecule has 5 rings (SSSR count). The van der Waals surface area contributed by atoms with Crippen LogP contribution in [0.3, 0.4) is 0 Å². The molecule has 10 heteroatoms. The molecule has 0 bridgehead atoms. The molecule has 0 aliphatic carbocycles. The third-order valence-corrected chi connectivity index (χ3v) is 6.92. The van der Waals surface area contributed by atoms with Crippen LogP contribution >= 0.6 is 11.8 Å². The zero-order chi connectivity index (χ0) is 21.5. The van der Waals surface area contributed by atoms with Gasteiger partial charge in [0.1, 0.15) is 0 Å². The van der Waals surface area contributed by atoms with Gasteiger partial charge in [0.2, 0.25) is 5.95 Å². The van der Waals surface area contributed by atoms with Crippen LogP contribution in [0.1, 0.15) is 19.3 Å². The zero-order valence-corrected chi connectivity index (χ0v) is 18.2. The fourth-order valence-electron chi connectivity index (χ4n) is 4.20. The lowest BCUT2D eigenvalue weighted by atomic mass is 10.1. The van der Waals surface area contributed by atoms with Crippen LogP contribution in [0.4, 0.5) is 11.6 Å². The fraction of sp³-hybridized carbons (Fsp3) is 0.429. The highest BCUT2D eigenvalue weighted by atomic mass is 32.2. The average Bonchev–Trinajstić information content (AvgIpc) is 3.12. The maximum atomic E-state index is 13.2. The summed E-state index contributed by atoms with van der Waals surface area (Å²) in [4.78, 5) is 41.9. The monoisotopic (exact) mass is 439 g/mol. The number of nitrogens with one attached hydrogen (secondary N) is 1. The van der Waals surface area contributed by atoms with Gasteiger partial charge in [0, 0.05) is 42.5 Å². The van der Waals surface area contributed by atoms with Gasteiger partial charge in [0.05, 0.1) is 12.2 Å². The lowest BCUT2D eigenvalue weighted by molar-refractivity contribution is 0.501. The highest BCUT2D eigenvalue weighted by Gasteiger charge is 2.23. The summed E-state index contributed by atoms with van der Waals surface area (Å²) in [5, 5.41) is 0. The van der Waals surface area contributed by atoms with Crippen molar-refractivity contribution in [1.82, 2.24) is 19.1 Å². The number of nitrogens with zero attached hydrogens (tertiary/aromatic N) is 5. The first-order valence-corrected chi connectivity index (χ1v) is 11.5. The molecule has 3 aromatic rings. The van der Waals surface area contributed by atoms with Gasteiger partial charge in [0.25, 0.3) is 5.56 Å². The number of aryl methyl sites for hydroxylation is 1. The van der Waals surface area contributed by atoms with Gasteiger partial charge >= 0.3 is 5.69 Å². The molecule has 2 aliphatic heterocycles. The first-order valence-electron chi connectivity index (χ1n) is 10.5. The first-order chi connectivity index (χ1) is 15.0. The topological polar surface area (TPSA) is 114 Å². The van der Waals surface area contributed by atoms with Crippen molar-refractivity contribution in [2.24, 2.45) is 17.8 Å². The molecule has 2 aliphatic rings. The van der Waals surface area contributed by atoms with E-state index in [9.17, 15) is 9.59 Å². The van der Waals surface area contributed by atoms with Crippen molar-refractivity contribution >= 4 is 40.3 Å². The molecule has 9 nitrogen and oxygen atoms in total. The van der Waals surface area contributed by atoms with Gasteiger partial charge in [-0.2, -0.15) is 4.98 Å². The SMILES string of the molecule is Cn1c(=O)n(CC2=Nc3ccccc3SCC2)c(=O)c2[nH]c(N3CCCC(N)C3)nc21. The number of H-pyrrole nitrogens is 1. The summed E-state index contributed by atoms with van der Waals surface area (Å²) in [5.41, 5.74) is 7.74. The largest absolute Gasteiger partial charge is 0.341 e. The number of aliphatic imine (C=N–C) groups is 1. The third kappa shape index (κ3) is 3.70. The standard InChI is InChI=1S/C21H25N7O2S/c1-26-18-17(24-20(25-18)27-9-4-5-13(22)11-27)19(29)28(21(26)30)12-14-8-10-31-16-7-3-2-6-15(16)23-14/h2-3,6-7,13H,4-5,8-12,22H2,1H3,(H,24,25). The van der Waals surface area contributed by atoms with E-state index >= 15 is 0 Å². The maximum Gasteiger partial charge on any atom is 0.332 e. The van der Waals surface area contributed by atoms with Crippen LogP contribution in [0, 0.1) is 0 Å². The highest BCUT2D eigenvalue weighted by Crippen LogP contribution is 2.32. The smallest absolute Gasteiger partial charge is 0.332 e. The van der Waals surface area contributed by atoms with E-state index in [-0.39, 0.29) is 18.1 Å². The summed E-state index contributed by atoms with van der Waals surface area (Å²) >= 11 is 1.74. The Morgan fingerprint density at radius 2 is 2.13 bits per heavy atom. The lowest BCUT2D eigenvalue weighted by Gasteiger charge is -2.30. The molecule has 3 N–H and O–H groups in total. The normalized spacial score (nSPS) is 19.2. The first kappa shape index (κ1) is 20.1. The Morgan fingerprint density at radius 1 is 1.29 bits per heavy atom. The minimum atomic E-state index is -0.390. The molecule has 0 saturated carbocycles. The number of aromatic amines is 1. The second-order valence-corrected chi connectivity index (χ2v) is 9.22. The number of aromatic nitrogens is 4. The number of hydrogen-bond acceptors (Lipinski definition) is 7. The van der Waals surface area contributed by atoms with E-state index in [1.807, 2.05) is 29.2 Å². The van der Waals surface area contributed by atoms with Gasteiger partial charge in [-0.05, 0) is 31.4 Å². The summed E-state index contributed by atoms with van der Waals surface area (Å²) in [6.45, 7) is 1.67. The van der Waals surface area contributed by atoms with Crippen LogP contribution in [-0.2, 0) is 13.6 Å². The van der Waals surface area contributed by atoms with Crippen LogP contribution in [0.15, 0.2) is 43.7 Å². The van der Waals surface area contributed by atoms with Gasteiger partial charge in [-0.25, -0.2) is 4.79 Å². The molecule has 2 aromatic heterocycles. The number of hydrogen-bond donors (Lipinski definition) is 2. The predicted molar refractivity (Wildman–Crippen MR) is 124 cm³/mol. The van der Waals surface area contributed by atoms with E-state index in [0.29, 0.717) is 30.1 Å². The van der Waals surface area contributed by atoms with Crippen molar-refractivity contribution in [2.45, 2.75) is 36.7 Å². The molecule has 31 heavy (non-hydrogen) atoms. The summed E-state index contributed by atoms with van der Waals surface area (Å²) in [6.07, 6.45) is 2.67. The lowest BCUT2D eigenvalue weighted by Crippen LogP contribution is -2.43. The van der Waals surface area contributed by atoms with E-state index < -0.39 is 5.69 Å². The molecule has 1 saturated heterocycles. The van der Waals surface area contributed by atoms with Gasteiger partial charge in [-0.15, -0.1) is 11.8 Å². The summed E-state index contributed by atoms with van der Waals surface area (Å²) in [7, 11) is 1.65. The summed E-state index contributed by atoms with van der Waals surface area (Å²) in [5.74, 6) is 1.45. The number of anilines is 1. The third-order valence-electron chi connectivity index (χ3n) is 5.86. The molecule has 162 valence electrons. The van der Waals surface area contributed by atoms with E-state index in [1.54, 1.807) is 18.8 Å². The molecule has 1 atom stereocenters. The fourth-order valence-corrected chi connectivity index (χ4v) is 5.20. The van der Waals surface area contributed by atoms with Crippen molar-refractivity contribution in [3.63, 3.8) is 0 Å². The minimum Gasteiger partial charge on any atom is -0.341 e. The van der Waals surface area contributed by atoms with Crippen LogP contribution in [0.5, 0.6) is 0 Å². The van der Waals surface area contributed by atoms with Crippen molar-refractivity contribution < 1.29 is 0 Å². The van der Waals surface area contributed by atoms with Crippen LogP contribution < -0.4 is 21.9 Å². The van der Waals surface area contributed by atoms with Gasteiger partial charge in [0.15, 0.2) is 11.2 Å². The second kappa shape index (κ2) is 8.01. The molecule has 4 heterocycles. The number of benzene rings is 1. The Hall–Kier alpha value is -2.85. The molecule has 1 fully saturated rings. The Kier molecular flexibility index (Phi) is 5.19.